The molecule has 5 atom stereocenters. The normalized spacial score (nSPS) is 33.1. The molecule has 4 rings (SSSR count). The number of methoxy groups -OCH3 is 1. The van der Waals surface area contributed by atoms with Gasteiger partial charge >= 0.3 is 11.9 Å². The zero-order chi connectivity index (χ0) is 24.0. The maximum Gasteiger partial charge on any atom is 0.315 e. The molecule has 2 heterocycles. The first kappa shape index (κ1) is 23.3. The number of nitrogens with one attached hydrogen (secondary N) is 1. The van der Waals surface area contributed by atoms with Gasteiger partial charge in [-0.05, 0) is 31.4 Å². The number of hydrogen-bond acceptors (Lipinski definition) is 7. The summed E-state index contributed by atoms with van der Waals surface area (Å²) in [7, 11) is 1.34. The van der Waals surface area contributed by atoms with Crippen molar-refractivity contribution in [1.29, 1.82) is 0 Å². The smallest absolute Gasteiger partial charge is 0.315 e. The van der Waals surface area contributed by atoms with Gasteiger partial charge in [0.15, 0.2) is 0 Å². The van der Waals surface area contributed by atoms with Crippen molar-refractivity contribution in [1.82, 2.24) is 4.90 Å². The number of carbonyl (C=O) groups is 3. The van der Waals surface area contributed by atoms with Crippen molar-refractivity contribution in [2.75, 3.05) is 32.2 Å². The van der Waals surface area contributed by atoms with Crippen LogP contribution in [0.15, 0.2) is 35.9 Å². The van der Waals surface area contributed by atoms with Gasteiger partial charge in [-0.15, -0.1) is 0 Å². The highest BCUT2D eigenvalue weighted by Gasteiger charge is 2.73. The first-order valence-corrected chi connectivity index (χ1v) is 11.4. The van der Waals surface area contributed by atoms with Gasteiger partial charge in [0.25, 0.3) is 0 Å². The first-order chi connectivity index (χ1) is 15.8. The number of nitrogens with zero attached hydrogens (tertiary/aromatic N) is 1. The van der Waals surface area contributed by atoms with Gasteiger partial charge in [-0.2, -0.15) is 0 Å². The number of aliphatic hydroxyl groups excluding tert-OH is 1. The SMILES string of the molecule is C/C=C1/CN(C(C)=O)[C@H]2C[C@@H]1C(CO)(C(=O)OC)[C@]1(CCOC(C)=O)c3ccccc3N[C@H]21. The zero-order valence-corrected chi connectivity index (χ0v) is 19.6. The molecule has 8 nitrogen and oxygen atoms in total. The topological polar surface area (TPSA) is 105 Å². The monoisotopic (exact) mass is 456 g/mol. The number of anilines is 1. The lowest BCUT2D eigenvalue weighted by molar-refractivity contribution is -0.180. The molecule has 0 radical (unpaired) electrons. The molecule has 2 bridgehead atoms. The molecule has 1 saturated carbocycles. The van der Waals surface area contributed by atoms with Crippen molar-refractivity contribution in [3.8, 4) is 0 Å². The van der Waals surface area contributed by atoms with E-state index in [9.17, 15) is 19.5 Å². The summed E-state index contributed by atoms with van der Waals surface area (Å²) in [6.07, 6.45) is 2.76. The maximum atomic E-state index is 13.7. The van der Waals surface area contributed by atoms with E-state index in [1.165, 1.54) is 14.0 Å². The highest BCUT2D eigenvalue weighted by molar-refractivity contribution is 5.85. The van der Waals surface area contributed by atoms with Crippen LogP contribution in [-0.4, -0.2) is 66.8 Å². The third-order valence-electron chi connectivity index (χ3n) is 8.08. The van der Waals surface area contributed by atoms with Crippen LogP contribution >= 0.6 is 0 Å². The van der Waals surface area contributed by atoms with E-state index in [2.05, 4.69) is 5.32 Å². The lowest BCUT2D eigenvalue weighted by atomic mass is 9.44. The van der Waals surface area contributed by atoms with Crippen molar-refractivity contribution in [2.24, 2.45) is 11.3 Å². The number of fused-ring (bicyclic) bond motifs is 6. The number of rotatable bonds is 5. The fourth-order valence-electron chi connectivity index (χ4n) is 6.82. The fourth-order valence-corrected chi connectivity index (χ4v) is 6.82. The average Bonchev–Trinajstić information content (AvgIpc) is 3.14. The molecule has 0 spiro atoms. The van der Waals surface area contributed by atoms with E-state index in [0.29, 0.717) is 19.4 Å². The molecule has 1 aromatic rings. The van der Waals surface area contributed by atoms with E-state index in [1.54, 1.807) is 6.92 Å². The van der Waals surface area contributed by atoms with Crippen LogP contribution in [0.5, 0.6) is 0 Å². The highest BCUT2D eigenvalue weighted by Crippen LogP contribution is 2.65. The number of allylic oxidation sites excluding steroid dienone is 1. The van der Waals surface area contributed by atoms with Gasteiger partial charge in [0, 0.05) is 37.4 Å². The van der Waals surface area contributed by atoms with Crippen LogP contribution in [0.3, 0.4) is 0 Å². The first-order valence-electron chi connectivity index (χ1n) is 11.4. The molecule has 8 heteroatoms. The predicted octanol–water partition coefficient (Wildman–Crippen LogP) is 2.02. The minimum atomic E-state index is -1.31. The molecule has 33 heavy (non-hydrogen) atoms. The number of hydrogen-bond donors (Lipinski definition) is 2. The maximum absolute atomic E-state index is 13.7. The summed E-state index contributed by atoms with van der Waals surface area (Å²) in [4.78, 5) is 39.9. The quantitative estimate of drug-likeness (QED) is 0.516. The molecular formula is C25H32N2O6. The van der Waals surface area contributed by atoms with Crippen LogP contribution in [0.2, 0.25) is 0 Å². The van der Waals surface area contributed by atoms with Gasteiger partial charge in [-0.1, -0.05) is 29.8 Å². The van der Waals surface area contributed by atoms with Gasteiger partial charge in [-0.3, -0.25) is 14.4 Å². The molecule has 2 fully saturated rings. The number of esters is 2. The molecule has 1 amide bonds. The van der Waals surface area contributed by atoms with Crippen molar-refractivity contribution in [2.45, 2.75) is 51.1 Å². The Morgan fingerprint density at radius 1 is 1.27 bits per heavy atom. The fraction of sp³-hybridized carbons (Fsp3) is 0.560. The van der Waals surface area contributed by atoms with E-state index in [1.807, 2.05) is 42.2 Å². The molecule has 2 aliphatic heterocycles. The van der Waals surface area contributed by atoms with Crippen LogP contribution in [-0.2, 0) is 29.3 Å². The molecule has 1 saturated heterocycles. The summed E-state index contributed by atoms with van der Waals surface area (Å²) < 4.78 is 10.7. The van der Waals surface area contributed by atoms with E-state index in [0.717, 1.165) is 16.8 Å². The summed E-state index contributed by atoms with van der Waals surface area (Å²) in [5.41, 5.74) is 0.377. The minimum absolute atomic E-state index is 0.0426. The molecule has 1 aromatic carbocycles. The number of benzene rings is 1. The minimum Gasteiger partial charge on any atom is -0.468 e. The standard InChI is InChI=1S/C25H32N2O6/c1-5-17-13-27(15(2)29)21-12-19(17)25(14-28,23(31)32-4)24(10-11-33-16(3)30)18-8-6-7-9-20(18)26-22(21)24/h5-9,19,21-22,26,28H,10-14H2,1-4H3/b17-5-/t19-,21-,22+,24+,25?/m0/s1. The van der Waals surface area contributed by atoms with Gasteiger partial charge in [0.05, 0.1) is 32.4 Å². The molecule has 1 unspecified atom stereocenters. The number of carbonyl (C=O) groups excluding carboxylic acids is 3. The van der Waals surface area contributed by atoms with Crippen LogP contribution in [0, 0.1) is 11.3 Å². The van der Waals surface area contributed by atoms with E-state index >= 15 is 0 Å². The number of ether oxygens (including phenoxy) is 2. The second-order valence-electron chi connectivity index (χ2n) is 9.22. The zero-order valence-electron chi connectivity index (χ0n) is 19.6. The summed E-state index contributed by atoms with van der Waals surface area (Å²) in [6, 6.07) is 7.14. The van der Waals surface area contributed by atoms with Crippen molar-refractivity contribution >= 4 is 23.5 Å². The Kier molecular flexibility index (Phi) is 5.99. The third-order valence-corrected chi connectivity index (χ3v) is 8.08. The van der Waals surface area contributed by atoms with Crippen LogP contribution in [0.4, 0.5) is 5.69 Å². The van der Waals surface area contributed by atoms with Crippen LogP contribution < -0.4 is 5.32 Å². The molecule has 178 valence electrons. The van der Waals surface area contributed by atoms with E-state index in [-0.39, 0.29) is 30.5 Å². The number of likely N-dealkylation sites (tertiary alicyclic amines) is 1. The van der Waals surface area contributed by atoms with Crippen molar-refractivity contribution in [3.05, 3.63) is 41.5 Å². The predicted molar refractivity (Wildman–Crippen MR) is 121 cm³/mol. The largest absolute Gasteiger partial charge is 0.468 e. The molecular weight excluding hydrogens is 424 g/mol. The second-order valence-corrected chi connectivity index (χ2v) is 9.22. The number of amides is 1. The Morgan fingerprint density at radius 3 is 2.61 bits per heavy atom. The van der Waals surface area contributed by atoms with Gasteiger partial charge in [0.2, 0.25) is 5.91 Å². The number of aliphatic hydroxyl groups is 1. The average molecular weight is 457 g/mol. The van der Waals surface area contributed by atoms with E-state index < -0.39 is 29.4 Å². The third kappa shape index (κ3) is 3.10. The van der Waals surface area contributed by atoms with Crippen molar-refractivity contribution < 1.29 is 29.0 Å². The lowest BCUT2D eigenvalue weighted by Crippen LogP contribution is -2.74. The van der Waals surface area contributed by atoms with Gasteiger partial charge in [-0.25, -0.2) is 0 Å². The summed E-state index contributed by atoms with van der Waals surface area (Å²) in [5.74, 6) is -1.28. The highest BCUT2D eigenvalue weighted by atomic mass is 16.5. The van der Waals surface area contributed by atoms with Crippen LogP contribution in [0.1, 0.15) is 39.2 Å². The Balaban J connectivity index is 2.02. The Morgan fingerprint density at radius 2 is 2.00 bits per heavy atom. The summed E-state index contributed by atoms with van der Waals surface area (Å²) >= 11 is 0. The molecule has 0 aromatic heterocycles. The van der Waals surface area contributed by atoms with Crippen molar-refractivity contribution in [3.63, 3.8) is 0 Å². The Bertz CT molecular complexity index is 1010. The Labute approximate surface area is 193 Å². The molecule has 3 aliphatic rings. The van der Waals surface area contributed by atoms with Gasteiger partial charge in [0.1, 0.15) is 5.41 Å². The Hall–Kier alpha value is -2.87. The van der Waals surface area contributed by atoms with Gasteiger partial charge < -0.3 is 24.8 Å². The lowest BCUT2D eigenvalue weighted by Gasteiger charge is -2.63. The number of para-hydroxylation sites is 1. The number of piperidine rings is 1. The summed E-state index contributed by atoms with van der Waals surface area (Å²) in [6.45, 7) is 4.84. The molecule has 2 N–H and O–H groups in total. The summed E-state index contributed by atoms with van der Waals surface area (Å²) in [5, 5.41) is 14.6. The second kappa shape index (κ2) is 8.48. The molecule has 1 aliphatic carbocycles. The van der Waals surface area contributed by atoms with E-state index in [4.69, 9.17) is 9.47 Å². The van der Waals surface area contributed by atoms with Crippen LogP contribution in [0.25, 0.3) is 0 Å².